The van der Waals surface area contributed by atoms with Gasteiger partial charge in [0.05, 0.1) is 5.71 Å². The van der Waals surface area contributed by atoms with Crippen molar-refractivity contribution in [3.05, 3.63) is 71.5 Å². The molecule has 1 aliphatic carbocycles. The van der Waals surface area contributed by atoms with Gasteiger partial charge in [0.2, 0.25) is 5.91 Å². The van der Waals surface area contributed by atoms with Crippen LogP contribution in [0.4, 0.5) is 0 Å². The average Bonchev–Trinajstić information content (AvgIpc) is 3.17. The number of ketones is 2. The number of carbonyl (C=O) groups excluding carboxylic acids is 3. The zero-order valence-electron chi connectivity index (χ0n) is 16.3. The van der Waals surface area contributed by atoms with Crippen molar-refractivity contribution in [1.29, 1.82) is 0 Å². The molecule has 1 fully saturated rings. The van der Waals surface area contributed by atoms with E-state index >= 15 is 0 Å². The Morgan fingerprint density at radius 2 is 1.83 bits per heavy atom. The van der Waals surface area contributed by atoms with Crippen molar-refractivity contribution < 1.29 is 14.4 Å². The molecule has 2 aliphatic heterocycles. The highest BCUT2D eigenvalue weighted by Crippen LogP contribution is 2.35. The highest BCUT2D eigenvalue weighted by Gasteiger charge is 2.44. The zero-order valence-corrected chi connectivity index (χ0v) is 16.3. The molecule has 3 aliphatic rings. The molecule has 6 nitrogen and oxygen atoms in total. The number of piperidine rings is 1. The number of carbonyl (C=O) groups is 3. The Bertz CT molecular complexity index is 995. The molecule has 1 amide bonds. The zero-order chi connectivity index (χ0) is 20.6. The molecule has 2 heterocycles. The number of nitrogens with two attached hydrogens (primary N) is 1. The van der Waals surface area contributed by atoms with Crippen molar-refractivity contribution in [1.82, 2.24) is 4.90 Å². The molecule has 2 N–H and O–H groups in total. The van der Waals surface area contributed by atoms with E-state index in [1.165, 1.54) is 13.1 Å². The van der Waals surface area contributed by atoms with Gasteiger partial charge in [0.1, 0.15) is 5.54 Å². The Morgan fingerprint density at radius 1 is 1.14 bits per heavy atom. The number of aliphatic imine (C=N–C) groups is 1. The largest absolute Gasteiger partial charge is 0.367 e. The molecule has 1 aromatic carbocycles. The molecule has 0 bridgehead atoms. The van der Waals surface area contributed by atoms with E-state index in [1.54, 1.807) is 18.2 Å². The number of allylic oxidation sites excluding steroid dienone is 3. The number of hydrogen-bond donors (Lipinski definition) is 1. The smallest absolute Gasteiger partial charge is 0.246 e. The lowest BCUT2D eigenvalue weighted by Crippen LogP contribution is -2.58. The molecule has 0 spiro atoms. The molecule has 0 radical (unpaired) electrons. The first-order chi connectivity index (χ1) is 13.9. The van der Waals surface area contributed by atoms with E-state index in [0.717, 1.165) is 5.56 Å². The second-order valence-electron chi connectivity index (χ2n) is 7.69. The Kier molecular flexibility index (Phi) is 4.88. The summed E-state index contributed by atoms with van der Waals surface area (Å²) in [7, 11) is 0. The fourth-order valence-electron chi connectivity index (χ4n) is 4.31. The maximum atomic E-state index is 12.8. The van der Waals surface area contributed by atoms with Crippen molar-refractivity contribution >= 4 is 23.2 Å². The number of primary amides is 1. The van der Waals surface area contributed by atoms with Crippen molar-refractivity contribution in [3.63, 3.8) is 0 Å². The normalized spacial score (nSPS) is 24.4. The SMILES string of the molecule is CC(=O)C1=CN=C2C=CC(C(N)=O)(N3CCC(C(=O)c4ccccc4)CC3)C=C12. The van der Waals surface area contributed by atoms with E-state index in [2.05, 4.69) is 4.99 Å². The van der Waals surface area contributed by atoms with Crippen LogP contribution >= 0.6 is 0 Å². The van der Waals surface area contributed by atoms with Gasteiger partial charge in [0, 0.05) is 41.9 Å². The van der Waals surface area contributed by atoms with Crippen molar-refractivity contribution in [2.24, 2.45) is 16.6 Å². The standard InChI is InChI=1S/C23H23N3O3/c1-15(27)19-14-25-20-7-10-23(22(24)29,13-18(19)20)26-11-8-17(9-12-26)21(28)16-5-3-2-4-6-16/h2-7,10,13-14,17H,8-9,11-12H2,1H3,(H2,24,29). The van der Waals surface area contributed by atoms with Gasteiger partial charge in [-0.2, -0.15) is 0 Å². The summed E-state index contributed by atoms with van der Waals surface area (Å²) in [6.45, 7) is 2.61. The van der Waals surface area contributed by atoms with Gasteiger partial charge in [0.15, 0.2) is 11.6 Å². The second-order valence-corrected chi connectivity index (χ2v) is 7.69. The summed E-state index contributed by atoms with van der Waals surface area (Å²) in [5.74, 6) is -0.531. The van der Waals surface area contributed by atoms with Crippen LogP contribution in [0.25, 0.3) is 0 Å². The van der Waals surface area contributed by atoms with Crippen molar-refractivity contribution in [2.75, 3.05) is 13.1 Å². The Hall–Kier alpha value is -3.12. The summed E-state index contributed by atoms with van der Waals surface area (Å²) in [4.78, 5) is 43.5. The number of fused-ring (bicyclic) bond motifs is 1. The molecule has 4 rings (SSSR count). The maximum Gasteiger partial charge on any atom is 0.246 e. The summed E-state index contributed by atoms with van der Waals surface area (Å²) in [6, 6.07) is 9.30. The van der Waals surface area contributed by atoms with Gasteiger partial charge < -0.3 is 5.73 Å². The summed E-state index contributed by atoms with van der Waals surface area (Å²) < 4.78 is 0. The molecule has 1 atom stereocenters. The van der Waals surface area contributed by atoms with E-state index < -0.39 is 11.4 Å². The number of Topliss-reactive ketones (excluding diaryl/α,β-unsaturated/α-hetero) is 2. The first-order valence-corrected chi connectivity index (χ1v) is 9.78. The molecule has 148 valence electrons. The molecule has 0 aromatic heterocycles. The minimum atomic E-state index is -1.12. The maximum absolute atomic E-state index is 12.8. The minimum absolute atomic E-state index is 0.0740. The summed E-state index contributed by atoms with van der Waals surface area (Å²) in [5.41, 5.74) is 7.25. The number of benzene rings is 1. The lowest BCUT2D eigenvalue weighted by atomic mass is 9.81. The summed E-state index contributed by atoms with van der Waals surface area (Å²) >= 11 is 0. The van der Waals surface area contributed by atoms with Gasteiger partial charge in [-0.3, -0.25) is 24.3 Å². The van der Waals surface area contributed by atoms with E-state index in [-0.39, 0.29) is 17.5 Å². The van der Waals surface area contributed by atoms with Gasteiger partial charge in [-0.25, -0.2) is 0 Å². The van der Waals surface area contributed by atoms with Crippen LogP contribution < -0.4 is 5.73 Å². The van der Waals surface area contributed by atoms with Gasteiger partial charge >= 0.3 is 0 Å². The molecule has 1 aromatic rings. The van der Waals surface area contributed by atoms with E-state index in [0.29, 0.717) is 42.8 Å². The van der Waals surface area contributed by atoms with E-state index in [9.17, 15) is 14.4 Å². The van der Waals surface area contributed by atoms with Crippen molar-refractivity contribution in [2.45, 2.75) is 25.3 Å². The fraction of sp³-hybridized carbons (Fsp3) is 0.304. The van der Waals surface area contributed by atoms with Gasteiger partial charge in [-0.15, -0.1) is 0 Å². The highest BCUT2D eigenvalue weighted by molar-refractivity contribution is 6.22. The topological polar surface area (TPSA) is 92.8 Å². The van der Waals surface area contributed by atoms with Crippen LogP contribution in [0.1, 0.15) is 30.1 Å². The Balaban J connectivity index is 1.56. The number of hydrogen-bond acceptors (Lipinski definition) is 5. The first-order valence-electron chi connectivity index (χ1n) is 9.78. The van der Waals surface area contributed by atoms with Gasteiger partial charge in [0.25, 0.3) is 0 Å². The lowest BCUT2D eigenvalue weighted by molar-refractivity contribution is -0.125. The third-order valence-electron chi connectivity index (χ3n) is 5.98. The molecule has 6 heteroatoms. The molecular weight excluding hydrogens is 366 g/mol. The minimum Gasteiger partial charge on any atom is -0.367 e. The molecule has 1 unspecified atom stereocenters. The quantitative estimate of drug-likeness (QED) is 0.782. The Morgan fingerprint density at radius 3 is 2.45 bits per heavy atom. The van der Waals surface area contributed by atoms with Crippen LogP contribution in [-0.2, 0) is 9.59 Å². The molecule has 29 heavy (non-hydrogen) atoms. The van der Waals surface area contributed by atoms with Crippen LogP contribution in [0, 0.1) is 5.92 Å². The van der Waals surface area contributed by atoms with Crippen LogP contribution in [0.15, 0.2) is 70.9 Å². The predicted octanol–water partition coefficient (Wildman–Crippen LogP) is 2.23. The third kappa shape index (κ3) is 3.29. The van der Waals surface area contributed by atoms with Crippen LogP contribution in [0.5, 0.6) is 0 Å². The monoisotopic (exact) mass is 389 g/mol. The van der Waals surface area contributed by atoms with Crippen molar-refractivity contribution in [3.8, 4) is 0 Å². The first kappa shape index (κ1) is 19.2. The average molecular weight is 389 g/mol. The Labute approximate surface area is 169 Å². The molecule has 0 saturated carbocycles. The predicted molar refractivity (Wildman–Crippen MR) is 110 cm³/mol. The van der Waals surface area contributed by atoms with E-state index in [4.69, 9.17) is 5.73 Å². The third-order valence-corrected chi connectivity index (χ3v) is 5.98. The second kappa shape index (κ2) is 7.37. The molecule has 1 saturated heterocycles. The van der Waals surface area contributed by atoms with Crippen LogP contribution in [0.2, 0.25) is 0 Å². The lowest BCUT2D eigenvalue weighted by Gasteiger charge is -2.43. The number of nitrogens with zero attached hydrogens (tertiary/aromatic N) is 2. The van der Waals surface area contributed by atoms with Crippen LogP contribution in [-0.4, -0.2) is 46.7 Å². The van der Waals surface area contributed by atoms with E-state index in [1.807, 2.05) is 35.2 Å². The van der Waals surface area contributed by atoms with Gasteiger partial charge in [-0.05, 0) is 38.0 Å². The van der Waals surface area contributed by atoms with Gasteiger partial charge in [-0.1, -0.05) is 30.3 Å². The molecular formula is C23H23N3O3. The number of likely N-dealkylation sites (tertiary alicyclic amines) is 1. The van der Waals surface area contributed by atoms with Crippen LogP contribution in [0.3, 0.4) is 0 Å². The number of rotatable bonds is 5. The summed E-state index contributed by atoms with van der Waals surface area (Å²) in [5, 5.41) is 0. The number of amides is 1. The summed E-state index contributed by atoms with van der Waals surface area (Å²) in [6.07, 6.45) is 8.11. The highest BCUT2D eigenvalue weighted by atomic mass is 16.2. The fourth-order valence-corrected chi connectivity index (χ4v) is 4.31.